The van der Waals surface area contributed by atoms with Gasteiger partial charge < -0.3 is 14.4 Å². The molecule has 0 bridgehead atoms. The number of hydrogen-bond acceptors (Lipinski definition) is 5. The number of carbonyl (C=O) groups excluding carboxylic acids is 2. The van der Waals surface area contributed by atoms with Crippen molar-refractivity contribution in [1.82, 2.24) is 4.90 Å². The standard InChI is InChI=1S/C35H43NO4/c1-8-39-30-16-24(14-15-29(30)40-22(2)3)31-32-25(17-34(4,5)19-27(32)37)36(21-23-12-10-9-11-13-23)26-18-35(6,7)20-28(38)33(26)31/h9-16,22,31H,8,17-21H2,1-7H3. The number of allylic oxidation sites excluding steroid dienone is 4. The van der Waals surface area contributed by atoms with Crippen LogP contribution in [0.2, 0.25) is 0 Å². The van der Waals surface area contributed by atoms with Crippen molar-refractivity contribution in [1.29, 1.82) is 0 Å². The highest BCUT2D eigenvalue weighted by Gasteiger charge is 2.49. The molecule has 0 spiro atoms. The van der Waals surface area contributed by atoms with Crippen LogP contribution < -0.4 is 9.47 Å². The fraction of sp³-hybridized carbons (Fsp3) is 0.486. The van der Waals surface area contributed by atoms with E-state index in [0.29, 0.717) is 37.5 Å². The lowest BCUT2D eigenvalue weighted by atomic mass is 9.63. The summed E-state index contributed by atoms with van der Waals surface area (Å²) >= 11 is 0. The van der Waals surface area contributed by atoms with Crippen LogP contribution in [0.25, 0.3) is 0 Å². The number of rotatable bonds is 7. The number of Topliss-reactive ketones (excluding diaryl/α,β-unsaturated/α-hetero) is 2. The van der Waals surface area contributed by atoms with Gasteiger partial charge in [0.25, 0.3) is 0 Å². The Morgan fingerprint density at radius 2 is 1.40 bits per heavy atom. The summed E-state index contributed by atoms with van der Waals surface area (Å²) in [5.74, 6) is 1.20. The average molecular weight is 542 g/mol. The van der Waals surface area contributed by atoms with Crippen molar-refractivity contribution in [3.63, 3.8) is 0 Å². The topological polar surface area (TPSA) is 55.8 Å². The Morgan fingerprint density at radius 3 is 1.93 bits per heavy atom. The molecule has 212 valence electrons. The van der Waals surface area contributed by atoms with Crippen LogP contribution in [0.15, 0.2) is 71.1 Å². The van der Waals surface area contributed by atoms with Crippen LogP contribution in [0.1, 0.15) is 91.2 Å². The van der Waals surface area contributed by atoms with Crippen molar-refractivity contribution in [3.05, 3.63) is 82.2 Å². The summed E-state index contributed by atoms with van der Waals surface area (Å²) in [5.41, 5.74) is 5.46. The Hall–Kier alpha value is -3.34. The molecule has 3 aliphatic rings. The second-order valence-corrected chi connectivity index (χ2v) is 13.4. The van der Waals surface area contributed by atoms with Crippen LogP contribution in [0, 0.1) is 10.8 Å². The summed E-state index contributed by atoms with van der Waals surface area (Å²) in [5, 5.41) is 0. The van der Waals surface area contributed by atoms with Crippen LogP contribution in [0.5, 0.6) is 11.5 Å². The third-order valence-corrected chi connectivity index (χ3v) is 8.17. The van der Waals surface area contributed by atoms with Gasteiger partial charge in [0.1, 0.15) is 0 Å². The SMILES string of the molecule is CCOc1cc(C2C3=C(CC(C)(C)CC3=O)N(Cc3ccccc3)C3=C2C(=O)CC(C)(C)C3)ccc1OC(C)C. The van der Waals surface area contributed by atoms with Gasteiger partial charge in [-0.15, -0.1) is 0 Å². The summed E-state index contributed by atoms with van der Waals surface area (Å²) < 4.78 is 12.1. The van der Waals surface area contributed by atoms with E-state index < -0.39 is 5.92 Å². The Bertz CT molecular complexity index is 1330. The molecule has 2 aliphatic carbocycles. The average Bonchev–Trinajstić information content (AvgIpc) is 2.85. The van der Waals surface area contributed by atoms with Gasteiger partial charge in [0.2, 0.25) is 0 Å². The molecular formula is C35H43NO4. The van der Waals surface area contributed by atoms with Crippen molar-refractivity contribution in [3.8, 4) is 11.5 Å². The molecule has 5 nitrogen and oxygen atoms in total. The first-order valence-electron chi connectivity index (χ1n) is 14.7. The quantitative estimate of drug-likeness (QED) is 0.359. The van der Waals surface area contributed by atoms with E-state index in [-0.39, 0.29) is 28.5 Å². The number of carbonyl (C=O) groups is 2. The van der Waals surface area contributed by atoms with Gasteiger partial charge in [-0.3, -0.25) is 9.59 Å². The first kappa shape index (κ1) is 28.2. The third-order valence-electron chi connectivity index (χ3n) is 8.17. The maximum absolute atomic E-state index is 14.1. The first-order chi connectivity index (χ1) is 18.9. The minimum atomic E-state index is -0.406. The number of hydrogen-bond donors (Lipinski definition) is 0. The van der Waals surface area contributed by atoms with Crippen molar-refractivity contribution in [2.75, 3.05) is 6.61 Å². The third kappa shape index (κ3) is 5.48. The van der Waals surface area contributed by atoms with E-state index in [4.69, 9.17) is 9.47 Å². The molecule has 5 heteroatoms. The number of nitrogens with zero attached hydrogens (tertiary/aromatic N) is 1. The summed E-state index contributed by atoms with van der Waals surface area (Å²) in [7, 11) is 0. The van der Waals surface area contributed by atoms with Gasteiger partial charge in [-0.2, -0.15) is 0 Å². The lowest BCUT2D eigenvalue weighted by molar-refractivity contribution is -0.119. The molecule has 0 aromatic heterocycles. The lowest BCUT2D eigenvalue weighted by Gasteiger charge is -2.49. The maximum atomic E-state index is 14.1. The molecule has 0 radical (unpaired) electrons. The van der Waals surface area contributed by atoms with Crippen LogP contribution in [0.4, 0.5) is 0 Å². The zero-order valence-corrected chi connectivity index (χ0v) is 25.1. The Labute approximate surface area is 239 Å². The van der Waals surface area contributed by atoms with E-state index in [1.54, 1.807) is 0 Å². The predicted octanol–water partition coefficient (Wildman–Crippen LogP) is 7.76. The van der Waals surface area contributed by atoms with E-state index >= 15 is 0 Å². The molecule has 0 saturated carbocycles. The van der Waals surface area contributed by atoms with E-state index in [1.165, 1.54) is 5.56 Å². The van der Waals surface area contributed by atoms with Crippen molar-refractivity contribution >= 4 is 11.6 Å². The zero-order chi connectivity index (χ0) is 28.8. The zero-order valence-electron chi connectivity index (χ0n) is 25.1. The fourth-order valence-electron chi connectivity index (χ4n) is 6.66. The van der Waals surface area contributed by atoms with Gasteiger partial charge >= 0.3 is 0 Å². The normalized spacial score (nSPS) is 20.6. The minimum absolute atomic E-state index is 0.000731. The predicted molar refractivity (Wildman–Crippen MR) is 158 cm³/mol. The molecule has 0 N–H and O–H groups in total. The van der Waals surface area contributed by atoms with Gasteiger partial charge in [-0.25, -0.2) is 0 Å². The number of benzene rings is 2. The molecule has 1 aliphatic heterocycles. The van der Waals surface area contributed by atoms with Crippen molar-refractivity contribution < 1.29 is 19.1 Å². The van der Waals surface area contributed by atoms with Crippen LogP contribution >= 0.6 is 0 Å². The highest BCUT2D eigenvalue weighted by Crippen LogP contribution is 2.55. The Morgan fingerprint density at radius 1 is 0.825 bits per heavy atom. The van der Waals surface area contributed by atoms with Crippen molar-refractivity contribution in [2.24, 2.45) is 10.8 Å². The second kappa shape index (κ2) is 10.6. The van der Waals surface area contributed by atoms with E-state index in [1.807, 2.05) is 45.0 Å². The maximum Gasteiger partial charge on any atom is 0.162 e. The molecule has 1 heterocycles. The van der Waals surface area contributed by atoms with E-state index in [9.17, 15) is 9.59 Å². The monoisotopic (exact) mass is 541 g/mol. The Kier molecular flexibility index (Phi) is 7.45. The lowest BCUT2D eigenvalue weighted by Crippen LogP contribution is -2.44. The van der Waals surface area contributed by atoms with Gasteiger partial charge in [0, 0.05) is 47.8 Å². The molecule has 0 atom stereocenters. The summed E-state index contributed by atoms with van der Waals surface area (Å²) in [6, 6.07) is 16.3. The summed E-state index contributed by atoms with van der Waals surface area (Å²) in [6.45, 7) is 15.8. The molecule has 0 amide bonds. The van der Waals surface area contributed by atoms with E-state index in [0.717, 1.165) is 40.9 Å². The molecule has 0 saturated heterocycles. The van der Waals surface area contributed by atoms with Crippen molar-refractivity contribution in [2.45, 2.75) is 92.7 Å². The molecule has 0 fully saturated rings. The van der Waals surface area contributed by atoms with Crippen LogP contribution in [-0.2, 0) is 16.1 Å². The van der Waals surface area contributed by atoms with Crippen LogP contribution in [-0.4, -0.2) is 29.2 Å². The minimum Gasteiger partial charge on any atom is -0.490 e. The smallest absolute Gasteiger partial charge is 0.162 e. The van der Waals surface area contributed by atoms with Gasteiger partial charge in [-0.05, 0) is 67.7 Å². The first-order valence-corrected chi connectivity index (χ1v) is 14.7. The second-order valence-electron chi connectivity index (χ2n) is 13.4. The van der Waals surface area contributed by atoms with Gasteiger partial charge in [-0.1, -0.05) is 64.1 Å². The summed E-state index contributed by atoms with van der Waals surface area (Å²) in [6.07, 6.45) is 2.51. The highest BCUT2D eigenvalue weighted by molar-refractivity contribution is 6.06. The summed E-state index contributed by atoms with van der Waals surface area (Å²) in [4.78, 5) is 30.5. The molecule has 5 rings (SSSR count). The number of ketones is 2. The largest absolute Gasteiger partial charge is 0.490 e. The fourth-order valence-corrected chi connectivity index (χ4v) is 6.66. The van der Waals surface area contributed by atoms with Gasteiger partial charge in [0.15, 0.2) is 23.1 Å². The number of ether oxygens (including phenoxy) is 2. The Balaban J connectivity index is 1.74. The molecule has 40 heavy (non-hydrogen) atoms. The molecule has 0 unspecified atom stereocenters. The molecule has 2 aromatic carbocycles. The molecular weight excluding hydrogens is 498 g/mol. The highest BCUT2D eigenvalue weighted by atomic mass is 16.5. The van der Waals surface area contributed by atoms with Crippen LogP contribution in [0.3, 0.4) is 0 Å². The molecule has 2 aromatic rings. The van der Waals surface area contributed by atoms with E-state index in [2.05, 4.69) is 56.9 Å². The van der Waals surface area contributed by atoms with Gasteiger partial charge in [0.05, 0.1) is 12.7 Å².